The lowest BCUT2D eigenvalue weighted by Gasteiger charge is -2.39. The monoisotopic (exact) mass is 381 g/mol. The van der Waals surface area contributed by atoms with Crippen molar-refractivity contribution >= 4 is 22.2 Å². The Morgan fingerprint density at radius 2 is 1.89 bits per heavy atom. The summed E-state index contributed by atoms with van der Waals surface area (Å²) in [5.74, 6) is 0.233. The maximum atomic E-state index is 13.0. The number of aryl methyl sites for hydroxylation is 1. The number of carbonyl (C=O) groups is 1. The number of fused-ring (bicyclic) bond motifs is 1. The molecule has 1 saturated heterocycles. The minimum Gasteiger partial charge on any atom is -0.337 e. The minimum absolute atomic E-state index is 0.233. The average Bonchev–Trinajstić information content (AvgIpc) is 3.24. The molecule has 4 nitrogen and oxygen atoms in total. The highest BCUT2D eigenvalue weighted by Gasteiger charge is 2.29. The Balaban J connectivity index is 1.57. The van der Waals surface area contributed by atoms with Crippen LogP contribution in [0.5, 0.6) is 0 Å². The molecule has 5 heteroatoms. The number of hydrogen-bond acceptors (Lipinski definition) is 3. The summed E-state index contributed by atoms with van der Waals surface area (Å²) in [6, 6.07) is 9.26. The van der Waals surface area contributed by atoms with E-state index >= 15 is 0 Å². The van der Waals surface area contributed by atoms with Crippen molar-refractivity contribution in [2.45, 2.75) is 65.0 Å². The van der Waals surface area contributed by atoms with Gasteiger partial charge in [-0.05, 0) is 45.1 Å². The first kappa shape index (κ1) is 18.2. The summed E-state index contributed by atoms with van der Waals surface area (Å²) in [5.41, 5.74) is 4.46. The standard InChI is InChI=1S/C22H27N3OS/c1-4-17-8-10-18(11-9-17)20-13-24-19(14-27-22(24)23-20)12-21(26)25-15(2)6-5-7-16(25)3/h8-11,13-16H,4-7,12H2,1-3H3. The highest BCUT2D eigenvalue weighted by Crippen LogP contribution is 2.27. The number of amides is 1. The van der Waals surface area contributed by atoms with Crippen LogP contribution in [0.3, 0.4) is 0 Å². The predicted octanol–water partition coefficient (Wildman–Crippen LogP) is 4.96. The van der Waals surface area contributed by atoms with Gasteiger partial charge in [0.25, 0.3) is 0 Å². The van der Waals surface area contributed by atoms with Crippen molar-refractivity contribution in [2.24, 2.45) is 0 Å². The number of benzene rings is 1. The Kier molecular flexibility index (Phi) is 5.04. The second-order valence-electron chi connectivity index (χ2n) is 7.66. The second kappa shape index (κ2) is 7.47. The fourth-order valence-corrected chi connectivity index (χ4v) is 5.04. The smallest absolute Gasteiger partial charge is 0.229 e. The topological polar surface area (TPSA) is 37.6 Å². The summed E-state index contributed by atoms with van der Waals surface area (Å²) >= 11 is 1.61. The van der Waals surface area contributed by atoms with Gasteiger partial charge in [-0.2, -0.15) is 0 Å². The van der Waals surface area contributed by atoms with E-state index < -0.39 is 0 Å². The Morgan fingerprint density at radius 1 is 1.19 bits per heavy atom. The maximum absolute atomic E-state index is 13.0. The molecule has 0 bridgehead atoms. The molecule has 0 N–H and O–H groups in total. The molecule has 4 rings (SSSR count). The van der Waals surface area contributed by atoms with E-state index in [0.29, 0.717) is 18.5 Å². The minimum atomic E-state index is 0.233. The zero-order valence-corrected chi connectivity index (χ0v) is 17.1. The van der Waals surface area contributed by atoms with Gasteiger partial charge in [0, 0.05) is 34.9 Å². The first-order valence-corrected chi connectivity index (χ1v) is 10.8. The fourth-order valence-electron chi connectivity index (χ4n) is 4.17. The van der Waals surface area contributed by atoms with Crippen molar-refractivity contribution in [3.8, 4) is 11.3 Å². The van der Waals surface area contributed by atoms with Crippen LogP contribution in [0.25, 0.3) is 16.2 Å². The number of nitrogens with zero attached hydrogens (tertiary/aromatic N) is 3. The molecule has 0 radical (unpaired) electrons. The third-order valence-corrected chi connectivity index (χ3v) is 6.64. The zero-order chi connectivity index (χ0) is 19.0. The molecule has 1 aliphatic heterocycles. The molecule has 142 valence electrons. The van der Waals surface area contributed by atoms with Gasteiger partial charge in [-0.15, -0.1) is 11.3 Å². The van der Waals surface area contributed by atoms with E-state index in [4.69, 9.17) is 4.98 Å². The van der Waals surface area contributed by atoms with Crippen LogP contribution in [0, 0.1) is 0 Å². The number of carbonyl (C=O) groups excluding carboxylic acids is 1. The summed E-state index contributed by atoms with van der Waals surface area (Å²) in [4.78, 5) is 20.8. The van der Waals surface area contributed by atoms with Crippen molar-refractivity contribution < 1.29 is 4.79 Å². The van der Waals surface area contributed by atoms with Gasteiger partial charge in [0.1, 0.15) is 0 Å². The quantitative estimate of drug-likeness (QED) is 0.641. The van der Waals surface area contributed by atoms with Crippen LogP contribution in [0.2, 0.25) is 0 Å². The molecule has 27 heavy (non-hydrogen) atoms. The molecule has 3 heterocycles. The highest BCUT2D eigenvalue weighted by atomic mass is 32.1. The highest BCUT2D eigenvalue weighted by molar-refractivity contribution is 7.15. The van der Waals surface area contributed by atoms with Crippen LogP contribution in [-0.2, 0) is 17.6 Å². The van der Waals surface area contributed by atoms with E-state index in [-0.39, 0.29) is 5.91 Å². The molecule has 1 aromatic carbocycles. The lowest BCUT2D eigenvalue weighted by atomic mass is 9.97. The molecule has 1 fully saturated rings. The van der Waals surface area contributed by atoms with Gasteiger partial charge < -0.3 is 4.90 Å². The molecule has 1 amide bonds. The SMILES string of the molecule is CCc1ccc(-c2cn3c(CC(=O)N4C(C)CCCC4C)csc3n2)cc1. The van der Waals surface area contributed by atoms with Gasteiger partial charge >= 0.3 is 0 Å². The van der Waals surface area contributed by atoms with Crippen molar-refractivity contribution in [1.29, 1.82) is 0 Å². The Labute approximate surface area is 164 Å². The van der Waals surface area contributed by atoms with Crippen molar-refractivity contribution in [3.63, 3.8) is 0 Å². The van der Waals surface area contributed by atoms with Gasteiger partial charge in [0.2, 0.25) is 5.91 Å². The van der Waals surface area contributed by atoms with Gasteiger partial charge in [0.05, 0.1) is 12.1 Å². The van der Waals surface area contributed by atoms with E-state index in [1.807, 2.05) is 0 Å². The van der Waals surface area contributed by atoms with Crippen LogP contribution >= 0.6 is 11.3 Å². The Hall–Kier alpha value is -2.14. The predicted molar refractivity (Wildman–Crippen MR) is 111 cm³/mol. The molecule has 2 atom stereocenters. The van der Waals surface area contributed by atoms with Crippen LogP contribution in [-0.4, -0.2) is 32.3 Å². The van der Waals surface area contributed by atoms with Crippen molar-refractivity contribution in [1.82, 2.24) is 14.3 Å². The van der Waals surface area contributed by atoms with E-state index in [2.05, 4.69) is 65.9 Å². The van der Waals surface area contributed by atoms with E-state index in [9.17, 15) is 4.79 Å². The fraction of sp³-hybridized carbons (Fsp3) is 0.455. The lowest BCUT2D eigenvalue weighted by molar-refractivity contribution is -0.136. The van der Waals surface area contributed by atoms with Crippen LogP contribution in [0.1, 0.15) is 51.3 Å². The number of aromatic nitrogens is 2. The normalized spacial score (nSPS) is 20.3. The molecule has 3 aromatic rings. The summed E-state index contributed by atoms with van der Waals surface area (Å²) in [5, 5.41) is 2.07. The number of likely N-dealkylation sites (tertiary alicyclic amines) is 1. The lowest BCUT2D eigenvalue weighted by Crippen LogP contribution is -2.48. The molecular formula is C22H27N3OS. The second-order valence-corrected chi connectivity index (χ2v) is 8.50. The molecule has 0 spiro atoms. The van der Waals surface area contributed by atoms with Crippen molar-refractivity contribution in [3.05, 3.63) is 47.1 Å². The molecular weight excluding hydrogens is 354 g/mol. The van der Waals surface area contributed by atoms with E-state index in [1.54, 1.807) is 11.3 Å². The number of rotatable bonds is 4. The number of imidazole rings is 1. The summed E-state index contributed by atoms with van der Waals surface area (Å²) < 4.78 is 2.09. The van der Waals surface area contributed by atoms with Gasteiger partial charge in [-0.3, -0.25) is 9.20 Å². The Bertz CT molecular complexity index is 930. The van der Waals surface area contributed by atoms with Crippen molar-refractivity contribution in [2.75, 3.05) is 0 Å². The average molecular weight is 382 g/mol. The number of piperidine rings is 1. The molecule has 2 unspecified atom stereocenters. The van der Waals surface area contributed by atoms with Crippen LogP contribution in [0.4, 0.5) is 0 Å². The third-order valence-electron chi connectivity index (χ3n) is 5.76. The van der Waals surface area contributed by atoms with E-state index in [1.165, 1.54) is 12.0 Å². The van der Waals surface area contributed by atoms with Gasteiger partial charge in [-0.25, -0.2) is 4.98 Å². The van der Waals surface area contributed by atoms with E-state index in [0.717, 1.165) is 41.2 Å². The summed E-state index contributed by atoms with van der Waals surface area (Å²) in [7, 11) is 0. The van der Waals surface area contributed by atoms with Crippen LogP contribution in [0.15, 0.2) is 35.8 Å². The first-order valence-electron chi connectivity index (χ1n) is 9.92. The molecule has 0 aliphatic carbocycles. The Morgan fingerprint density at radius 3 is 2.56 bits per heavy atom. The maximum Gasteiger partial charge on any atom is 0.229 e. The molecule has 1 aliphatic rings. The number of hydrogen-bond donors (Lipinski definition) is 0. The largest absolute Gasteiger partial charge is 0.337 e. The summed E-state index contributed by atoms with van der Waals surface area (Å²) in [6.07, 6.45) is 6.99. The van der Waals surface area contributed by atoms with Crippen LogP contribution < -0.4 is 0 Å². The summed E-state index contributed by atoms with van der Waals surface area (Å²) in [6.45, 7) is 6.51. The first-order chi connectivity index (χ1) is 13.1. The molecule has 0 saturated carbocycles. The third kappa shape index (κ3) is 3.53. The van der Waals surface area contributed by atoms with Gasteiger partial charge in [-0.1, -0.05) is 31.2 Å². The molecule has 2 aromatic heterocycles. The number of thiazole rings is 1. The zero-order valence-electron chi connectivity index (χ0n) is 16.3. The van der Waals surface area contributed by atoms with Gasteiger partial charge in [0.15, 0.2) is 4.96 Å².